The predicted octanol–water partition coefficient (Wildman–Crippen LogP) is 2.11. The lowest BCUT2D eigenvalue weighted by Crippen LogP contribution is -2.37. The molecule has 21 heavy (non-hydrogen) atoms. The monoisotopic (exact) mass is 304 g/mol. The molecule has 0 bridgehead atoms. The molecule has 4 nitrogen and oxygen atoms in total. The van der Waals surface area contributed by atoms with Gasteiger partial charge in [0.1, 0.15) is 0 Å². The Hall–Kier alpha value is -1.76. The van der Waals surface area contributed by atoms with Crippen LogP contribution in [0.5, 0.6) is 0 Å². The van der Waals surface area contributed by atoms with Crippen molar-refractivity contribution in [2.45, 2.75) is 19.7 Å². The van der Waals surface area contributed by atoms with E-state index in [1.54, 1.807) is 21.0 Å². The van der Waals surface area contributed by atoms with Gasteiger partial charge in [-0.3, -0.25) is 4.79 Å². The number of nitrogens with zero attached hydrogens (tertiary/aromatic N) is 2. The first-order valence-electron chi connectivity index (χ1n) is 6.46. The summed E-state index contributed by atoms with van der Waals surface area (Å²) in [6.45, 7) is 1.35. The summed E-state index contributed by atoms with van der Waals surface area (Å²) in [5.74, 6) is -0.281. The second-order valence-corrected chi connectivity index (χ2v) is 4.81. The Morgan fingerprint density at radius 2 is 1.90 bits per heavy atom. The van der Waals surface area contributed by atoms with E-state index in [1.165, 1.54) is 21.9 Å². The summed E-state index contributed by atoms with van der Waals surface area (Å²) in [6, 6.07) is 3.63. The first-order chi connectivity index (χ1) is 9.70. The molecule has 0 unspecified atom stereocenters. The minimum absolute atomic E-state index is 0.0580. The van der Waals surface area contributed by atoms with E-state index >= 15 is 0 Å². The number of rotatable bonds is 5. The number of carbonyl (C=O) groups excluding carboxylic acids is 1. The van der Waals surface area contributed by atoms with Crippen molar-refractivity contribution in [1.29, 1.82) is 0 Å². The molecule has 0 aliphatic carbocycles. The van der Waals surface area contributed by atoms with Crippen LogP contribution >= 0.6 is 0 Å². The Bertz CT molecular complexity index is 501. The third-order valence-corrected chi connectivity index (χ3v) is 3.10. The lowest BCUT2D eigenvalue weighted by molar-refractivity contribution is -0.137. The number of benzene rings is 1. The van der Waals surface area contributed by atoms with Crippen molar-refractivity contribution >= 4 is 11.6 Å². The standard InChI is InChI=1S/C14H19F3N2O2/c1-4-19(8-13(21)18(2)3)12-6-5-10(9-20)7-11(12)14(15,16)17/h5-7,20H,4,8-9H2,1-3H3. The Morgan fingerprint density at radius 3 is 2.33 bits per heavy atom. The summed E-state index contributed by atoms with van der Waals surface area (Å²) in [5.41, 5.74) is -0.721. The maximum Gasteiger partial charge on any atom is 0.418 e. The fraction of sp³-hybridized carbons (Fsp3) is 0.500. The summed E-state index contributed by atoms with van der Waals surface area (Å²) in [5, 5.41) is 8.99. The molecular formula is C14H19F3N2O2. The van der Waals surface area contributed by atoms with Crippen molar-refractivity contribution in [3.05, 3.63) is 29.3 Å². The molecular weight excluding hydrogens is 285 g/mol. The van der Waals surface area contributed by atoms with Crippen LogP contribution < -0.4 is 4.90 Å². The Labute approximate surface area is 121 Å². The highest BCUT2D eigenvalue weighted by Gasteiger charge is 2.35. The average molecular weight is 304 g/mol. The van der Waals surface area contributed by atoms with Crippen molar-refractivity contribution in [2.75, 3.05) is 32.1 Å². The van der Waals surface area contributed by atoms with Crippen LogP contribution in [0.4, 0.5) is 18.9 Å². The lowest BCUT2D eigenvalue weighted by Gasteiger charge is -2.27. The van der Waals surface area contributed by atoms with Crippen LogP contribution in [-0.4, -0.2) is 43.1 Å². The van der Waals surface area contributed by atoms with Crippen LogP contribution in [0.2, 0.25) is 0 Å². The molecule has 1 N–H and O–H groups in total. The molecule has 1 aromatic rings. The normalized spacial score (nSPS) is 11.4. The number of halogens is 3. The Balaban J connectivity index is 3.22. The molecule has 0 fully saturated rings. The van der Waals surface area contributed by atoms with E-state index in [1.807, 2.05) is 0 Å². The quantitative estimate of drug-likeness (QED) is 0.906. The zero-order chi connectivity index (χ0) is 16.2. The third kappa shape index (κ3) is 4.35. The third-order valence-electron chi connectivity index (χ3n) is 3.10. The van der Waals surface area contributed by atoms with E-state index in [-0.39, 0.29) is 30.2 Å². The number of anilines is 1. The number of aliphatic hydroxyl groups excluding tert-OH is 1. The topological polar surface area (TPSA) is 43.8 Å². The van der Waals surface area contributed by atoms with Gasteiger partial charge in [-0.2, -0.15) is 13.2 Å². The molecule has 0 aliphatic heterocycles. The van der Waals surface area contributed by atoms with E-state index in [9.17, 15) is 18.0 Å². The van der Waals surface area contributed by atoms with Crippen molar-refractivity contribution in [2.24, 2.45) is 0 Å². The highest BCUT2D eigenvalue weighted by atomic mass is 19.4. The van der Waals surface area contributed by atoms with Crippen molar-refractivity contribution in [1.82, 2.24) is 4.90 Å². The van der Waals surface area contributed by atoms with E-state index in [0.29, 0.717) is 0 Å². The number of alkyl halides is 3. The molecule has 0 saturated heterocycles. The van der Waals surface area contributed by atoms with Gasteiger partial charge < -0.3 is 14.9 Å². The number of hydrogen-bond donors (Lipinski definition) is 1. The highest BCUT2D eigenvalue weighted by molar-refractivity contribution is 5.81. The van der Waals surface area contributed by atoms with Gasteiger partial charge in [0.15, 0.2) is 0 Å². The number of carbonyl (C=O) groups is 1. The van der Waals surface area contributed by atoms with Crippen LogP contribution in [0, 0.1) is 0 Å². The molecule has 0 heterocycles. The van der Waals surface area contributed by atoms with Crippen LogP contribution in [0.1, 0.15) is 18.1 Å². The maximum atomic E-state index is 13.2. The highest BCUT2D eigenvalue weighted by Crippen LogP contribution is 2.37. The zero-order valence-electron chi connectivity index (χ0n) is 12.2. The molecule has 0 radical (unpaired) electrons. The summed E-state index contributed by atoms with van der Waals surface area (Å²) >= 11 is 0. The number of hydrogen-bond acceptors (Lipinski definition) is 3. The average Bonchev–Trinajstić information content (AvgIpc) is 2.42. The van der Waals surface area contributed by atoms with Crippen LogP contribution in [0.25, 0.3) is 0 Å². The molecule has 118 valence electrons. The minimum Gasteiger partial charge on any atom is -0.392 e. The number of amides is 1. The van der Waals surface area contributed by atoms with E-state index in [4.69, 9.17) is 5.11 Å². The molecule has 7 heteroatoms. The first-order valence-corrected chi connectivity index (χ1v) is 6.46. The summed E-state index contributed by atoms with van der Waals surface area (Å²) in [6.07, 6.45) is -4.55. The predicted molar refractivity (Wildman–Crippen MR) is 73.9 cm³/mol. The van der Waals surface area contributed by atoms with Crippen LogP contribution in [-0.2, 0) is 17.6 Å². The van der Waals surface area contributed by atoms with Gasteiger partial charge in [-0.1, -0.05) is 6.07 Å². The Kier molecular flexibility index (Phi) is 5.60. The van der Waals surface area contributed by atoms with Gasteiger partial charge in [-0.05, 0) is 24.6 Å². The van der Waals surface area contributed by atoms with E-state index < -0.39 is 18.3 Å². The van der Waals surface area contributed by atoms with Gasteiger partial charge in [0, 0.05) is 26.3 Å². The van der Waals surface area contributed by atoms with E-state index in [2.05, 4.69) is 0 Å². The van der Waals surface area contributed by atoms with Crippen LogP contribution in [0.3, 0.4) is 0 Å². The van der Waals surface area contributed by atoms with Gasteiger partial charge in [0.25, 0.3) is 0 Å². The molecule has 0 saturated carbocycles. The van der Waals surface area contributed by atoms with Gasteiger partial charge >= 0.3 is 6.18 Å². The second-order valence-electron chi connectivity index (χ2n) is 4.81. The summed E-state index contributed by atoms with van der Waals surface area (Å²) in [7, 11) is 3.10. The molecule has 1 rings (SSSR count). The molecule has 0 aromatic heterocycles. The molecule has 0 aliphatic rings. The van der Waals surface area contributed by atoms with Crippen molar-refractivity contribution in [3.63, 3.8) is 0 Å². The van der Waals surface area contributed by atoms with Crippen LogP contribution in [0.15, 0.2) is 18.2 Å². The van der Waals surface area contributed by atoms with Gasteiger partial charge in [-0.25, -0.2) is 0 Å². The van der Waals surface area contributed by atoms with Gasteiger partial charge in [0.05, 0.1) is 18.7 Å². The SMILES string of the molecule is CCN(CC(=O)N(C)C)c1ccc(CO)cc1C(F)(F)F. The summed E-state index contributed by atoms with van der Waals surface area (Å²) in [4.78, 5) is 14.4. The molecule has 0 atom stereocenters. The Morgan fingerprint density at radius 1 is 1.29 bits per heavy atom. The van der Waals surface area contributed by atoms with Gasteiger partial charge in [0.2, 0.25) is 5.91 Å². The molecule has 0 spiro atoms. The smallest absolute Gasteiger partial charge is 0.392 e. The fourth-order valence-corrected chi connectivity index (χ4v) is 1.86. The van der Waals surface area contributed by atoms with Crippen molar-refractivity contribution < 1.29 is 23.1 Å². The summed E-state index contributed by atoms with van der Waals surface area (Å²) < 4.78 is 39.5. The fourth-order valence-electron chi connectivity index (χ4n) is 1.86. The lowest BCUT2D eigenvalue weighted by atomic mass is 10.1. The van der Waals surface area contributed by atoms with E-state index in [0.717, 1.165) is 6.07 Å². The molecule has 1 aromatic carbocycles. The largest absolute Gasteiger partial charge is 0.418 e. The zero-order valence-corrected chi connectivity index (χ0v) is 12.2. The second kappa shape index (κ2) is 6.80. The number of likely N-dealkylation sites (N-methyl/N-ethyl adjacent to an activating group) is 2. The van der Waals surface area contributed by atoms with Crippen molar-refractivity contribution in [3.8, 4) is 0 Å². The number of aliphatic hydroxyl groups is 1. The minimum atomic E-state index is -4.55. The first kappa shape index (κ1) is 17.3. The molecule has 1 amide bonds. The maximum absolute atomic E-state index is 13.2. The van der Waals surface area contributed by atoms with Gasteiger partial charge in [-0.15, -0.1) is 0 Å².